The number of para-hydroxylation sites is 1. The molecule has 0 aliphatic rings. The summed E-state index contributed by atoms with van der Waals surface area (Å²) in [7, 11) is 1.49. The summed E-state index contributed by atoms with van der Waals surface area (Å²) in [5.41, 5.74) is 11.8. The minimum atomic E-state index is -1.32. The van der Waals surface area contributed by atoms with Crippen molar-refractivity contribution in [2.45, 2.75) is 39.0 Å². The zero-order valence-corrected chi connectivity index (χ0v) is 26.2. The van der Waals surface area contributed by atoms with Gasteiger partial charge in [-0.1, -0.05) is 30.3 Å². The number of carbonyl (C=O) groups excluding carboxylic acids is 2. The highest BCUT2D eigenvalue weighted by atomic mass is 16.6. The summed E-state index contributed by atoms with van der Waals surface area (Å²) in [5, 5.41) is 0. The fourth-order valence-corrected chi connectivity index (χ4v) is 4.58. The predicted octanol–water partition coefficient (Wildman–Crippen LogP) is 5.23. The van der Waals surface area contributed by atoms with Crippen molar-refractivity contribution in [3.8, 4) is 22.9 Å². The zero-order chi connectivity index (χ0) is 33.2. The quantitative estimate of drug-likeness (QED) is 0.134. The fraction of sp³-hybridized carbons (Fsp3) is 0.206. The van der Waals surface area contributed by atoms with Gasteiger partial charge in [-0.25, -0.2) is 24.1 Å². The molecule has 3 aromatic carbocycles. The molecule has 5 rings (SSSR count). The molecule has 5 aromatic rings. The number of carbonyl (C=O) groups is 2. The largest absolute Gasteiger partial charge is 0.457 e. The Morgan fingerprint density at radius 3 is 2.22 bits per heavy atom. The van der Waals surface area contributed by atoms with E-state index >= 15 is 0 Å². The van der Waals surface area contributed by atoms with Gasteiger partial charge in [0, 0.05) is 12.6 Å². The van der Waals surface area contributed by atoms with Crippen LogP contribution in [-0.4, -0.2) is 54.2 Å². The second-order valence-corrected chi connectivity index (χ2v) is 11.8. The molecule has 1 amide bonds. The van der Waals surface area contributed by atoms with Gasteiger partial charge < -0.3 is 20.9 Å². The lowest BCUT2D eigenvalue weighted by Gasteiger charge is -2.34. The van der Waals surface area contributed by atoms with Crippen molar-refractivity contribution in [1.82, 2.24) is 24.0 Å². The van der Waals surface area contributed by atoms with Crippen molar-refractivity contribution in [3.05, 3.63) is 113 Å². The standard InChI is InChI=1S/C34H35N7O5/c1-33(2,3)46-32(44)39(5)34(4,36)19-18-27(42)22-10-9-11-24(20-22)41-30-28(29(35)37-21-38-30)40(31(41)43)23-14-16-26(17-15-23)45-25-12-7-6-8-13-25/h6-21H,36H2,1-5H3,(H2,35,37,38)/b19-18+. The molecule has 0 spiro atoms. The first-order valence-corrected chi connectivity index (χ1v) is 14.4. The normalized spacial score (nSPS) is 13.0. The van der Waals surface area contributed by atoms with E-state index in [1.807, 2.05) is 30.3 Å². The van der Waals surface area contributed by atoms with Gasteiger partial charge in [-0.2, -0.15) is 0 Å². The molecule has 1 unspecified atom stereocenters. The van der Waals surface area contributed by atoms with E-state index in [9.17, 15) is 14.4 Å². The Kier molecular flexibility index (Phi) is 8.49. The molecule has 236 valence electrons. The van der Waals surface area contributed by atoms with Crippen molar-refractivity contribution >= 4 is 28.9 Å². The molecule has 12 nitrogen and oxygen atoms in total. The maximum Gasteiger partial charge on any atom is 0.411 e. The van der Waals surface area contributed by atoms with Crippen molar-refractivity contribution in [3.63, 3.8) is 0 Å². The Bertz CT molecular complexity index is 1990. The van der Waals surface area contributed by atoms with E-state index in [2.05, 4.69) is 9.97 Å². The molecule has 1 atom stereocenters. The second-order valence-electron chi connectivity index (χ2n) is 11.8. The van der Waals surface area contributed by atoms with Crippen molar-refractivity contribution in [2.75, 3.05) is 12.8 Å². The van der Waals surface area contributed by atoms with Gasteiger partial charge in [0.1, 0.15) is 34.6 Å². The van der Waals surface area contributed by atoms with Gasteiger partial charge in [-0.3, -0.25) is 14.3 Å². The van der Waals surface area contributed by atoms with Gasteiger partial charge in [-0.05, 0) is 88.4 Å². The maximum absolute atomic E-state index is 14.0. The molecular formula is C34H35N7O5. The Labute approximate surface area is 265 Å². The number of rotatable bonds is 8. The number of allylic oxidation sites excluding steroid dienone is 1. The van der Waals surface area contributed by atoms with E-state index in [0.29, 0.717) is 28.4 Å². The molecule has 0 aliphatic heterocycles. The Hall–Kier alpha value is -5.75. The number of ketones is 1. The predicted molar refractivity (Wildman–Crippen MR) is 175 cm³/mol. The lowest BCUT2D eigenvalue weighted by Crippen LogP contribution is -2.54. The molecule has 4 N–H and O–H groups in total. The number of nitrogens with two attached hydrogens (primary N) is 2. The van der Waals surface area contributed by atoms with Crippen LogP contribution in [0.2, 0.25) is 0 Å². The molecule has 0 bridgehead atoms. The third-order valence-corrected chi connectivity index (χ3v) is 7.07. The molecule has 0 saturated carbocycles. The lowest BCUT2D eigenvalue weighted by atomic mass is 10.1. The number of ether oxygens (including phenoxy) is 2. The van der Waals surface area contributed by atoms with Crippen LogP contribution < -0.4 is 21.9 Å². The number of nitrogen functional groups attached to an aromatic ring is 1. The topological polar surface area (TPSA) is 161 Å². The van der Waals surface area contributed by atoms with E-state index < -0.39 is 28.8 Å². The Morgan fingerprint density at radius 2 is 1.54 bits per heavy atom. The fourth-order valence-electron chi connectivity index (χ4n) is 4.58. The number of aromatic nitrogens is 4. The van der Waals surface area contributed by atoms with Crippen LogP contribution in [0.25, 0.3) is 22.5 Å². The van der Waals surface area contributed by atoms with Crippen LogP contribution in [0.15, 0.2) is 102 Å². The minimum absolute atomic E-state index is 0.108. The smallest absolute Gasteiger partial charge is 0.411 e. The monoisotopic (exact) mass is 621 g/mol. The first kappa shape index (κ1) is 31.7. The van der Waals surface area contributed by atoms with E-state index in [1.165, 1.54) is 39.6 Å². The van der Waals surface area contributed by atoms with Crippen LogP contribution >= 0.6 is 0 Å². The maximum atomic E-state index is 14.0. The highest BCUT2D eigenvalue weighted by molar-refractivity contribution is 6.05. The van der Waals surface area contributed by atoms with Gasteiger partial charge in [0.05, 0.1) is 11.4 Å². The molecular weight excluding hydrogens is 586 g/mol. The molecule has 0 saturated heterocycles. The molecule has 0 fully saturated rings. The third kappa shape index (κ3) is 6.66. The van der Waals surface area contributed by atoms with Crippen molar-refractivity contribution < 1.29 is 19.1 Å². The Balaban J connectivity index is 1.47. The number of fused-ring (bicyclic) bond motifs is 1. The van der Waals surface area contributed by atoms with Crippen LogP contribution in [-0.2, 0) is 4.74 Å². The summed E-state index contributed by atoms with van der Waals surface area (Å²) in [6.07, 6.45) is 3.34. The molecule has 0 aliphatic carbocycles. The Morgan fingerprint density at radius 1 is 0.870 bits per heavy atom. The van der Waals surface area contributed by atoms with Gasteiger partial charge >= 0.3 is 11.8 Å². The average molecular weight is 622 g/mol. The van der Waals surface area contributed by atoms with E-state index in [4.69, 9.17) is 20.9 Å². The SMILES string of the molecule is CN(C(=O)OC(C)(C)C)C(C)(N)/C=C/C(=O)c1cccc(-n2c(=O)n(-c3ccc(Oc4ccccc4)cc3)c3c(N)ncnc32)c1. The number of amides is 1. The molecule has 2 aromatic heterocycles. The number of hydrogen-bond donors (Lipinski definition) is 2. The second kappa shape index (κ2) is 12.3. The molecule has 2 heterocycles. The van der Waals surface area contributed by atoms with Gasteiger partial charge in [-0.15, -0.1) is 0 Å². The minimum Gasteiger partial charge on any atom is -0.457 e. The average Bonchev–Trinajstić information content (AvgIpc) is 3.32. The summed E-state index contributed by atoms with van der Waals surface area (Å²) >= 11 is 0. The summed E-state index contributed by atoms with van der Waals surface area (Å²) in [5.74, 6) is 0.978. The van der Waals surface area contributed by atoms with Crippen LogP contribution in [0.4, 0.5) is 10.6 Å². The molecule has 0 radical (unpaired) electrons. The molecule has 46 heavy (non-hydrogen) atoms. The highest BCUT2D eigenvalue weighted by Gasteiger charge is 2.30. The van der Waals surface area contributed by atoms with E-state index in [0.717, 1.165) is 0 Å². The van der Waals surface area contributed by atoms with Crippen LogP contribution in [0.5, 0.6) is 11.5 Å². The number of likely N-dealkylation sites (N-methyl/N-ethyl adjacent to an activating group) is 1. The summed E-state index contributed by atoms with van der Waals surface area (Å²) in [4.78, 5) is 49.5. The van der Waals surface area contributed by atoms with Crippen LogP contribution in [0.1, 0.15) is 38.1 Å². The molecule has 12 heteroatoms. The van der Waals surface area contributed by atoms with E-state index in [1.54, 1.807) is 76.2 Å². The third-order valence-electron chi connectivity index (χ3n) is 7.07. The first-order chi connectivity index (χ1) is 21.7. The van der Waals surface area contributed by atoms with Gasteiger partial charge in [0.25, 0.3) is 0 Å². The summed E-state index contributed by atoms with van der Waals surface area (Å²) in [6, 6.07) is 22.8. The van der Waals surface area contributed by atoms with E-state index in [-0.39, 0.29) is 17.0 Å². The zero-order valence-electron chi connectivity index (χ0n) is 26.2. The van der Waals surface area contributed by atoms with Gasteiger partial charge in [0.15, 0.2) is 17.2 Å². The summed E-state index contributed by atoms with van der Waals surface area (Å²) in [6.45, 7) is 6.83. The number of anilines is 1. The highest BCUT2D eigenvalue weighted by Crippen LogP contribution is 2.26. The summed E-state index contributed by atoms with van der Waals surface area (Å²) < 4.78 is 14.1. The van der Waals surface area contributed by atoms with Crippen LogP contribution in [0, 0.1) is 0 Å². The van der Waals surface area contributed by atoms with Crippen molar-refractivity contribution in [1.29, 1.82) is 0 Å². The van der Waals surface area contributed by atoms with Gasteiger partial charge in [0.2, 0.25) is 0 Å². The first-order valence-electron chi connectivity index (χ1n) is 14.4. The lowest BCUT2D eigenvalue weighted by molar-refractivity contribution is 0.0161. The van der Waals surface area contributed by atoms with Crippen molar-refractivity contribution in [2.24, 2.45) is 5.73 Å². The number of imidazole rings is 1. The van der Waals surface area contributed by atoms with Crippen LogP contribution in [0.3, 0.4) is 0 Å². The number of nitrogens with zero attached hydrogens (tertiary/aromatic N) is 5. The number of benzene rings is 3. The number of hydrogen-bond acceptors (Lipinski definition) is 9.